The maximum absolute atomic E-state index is 13.4. The first-order valence-electron chi connectivity index (χ1n) is 9.97. The predicted octanol–water partition coefficient (Wildman–Crippen LogP) is 6.35. The van der Waals surface area contributed by atoms with E-state index in [1.54, 1.807) is 18.4 Å². The van der Waals surface area contributed by atoms with E-state index in [9.17, 15) is 4.79 Å². The number of fused-ring (bicyclic) bond motifs is 2. The van der Waals surface area contributed by atoms with Crippen molar-refractivity contribution in [2.24, 2.45) is 0 Å². The van der Waals surface area contributed by atoms with E-state index in [0.717, 1.165) is 28.3 Å². The van der Waals surface area contributed by atoms with E-state index in [-0.39, 0.29) is 17.8 Å². The standard InChI is InChI=1S/C26H20O4/c1-2-17-12-13-22-21(15-17)24(27)26(25(30-22)23-11-6-14-28-23)29-16-19-9-5-8-18-7-3-4-10-20(18)19/h3-15H,2,16H2,1H3. The van der Waals surface area contributed by atoms with Gasteiger partial charge < -0.3 is 13.6 Å². The minimum Gasteiger partial charge on any atom is -0.481 e. The van der Waals surface area contributed by atoms with Crippen LogP contribution in [0.4, 0.5) is 0 Å². The van der Waals surface area contributed by atoms with E-state index in [4.69, 9.17) is 13.6 Å². The lowest BCUT2D eigenvalue weighted by molar-refractivity contribution is 0.297. The molecule has 148 valence electrons. The van der Waals surface area contributed by atoms with Crippen LogP contribution in [-0.4, -0.2) is 0 Å². The van der Waals surface area contributed by atoms with E-state index in [1.165, 1.54) is 0 Å². The van der Waals surface area contributed by atoms with Gasteiger partial charge >= 0.3 is 0 Å². The highest BCUT2D eigenvalue weighted by Crippen LogP contribution is 2.32. The van der Waals surface area contributed by atoms with Gasteiger partial charge in [-0.05, 0) is 52.6 Å². The first kappa shape index (κ1) is 18.3. The van der Waals surface area contributed by atoms with E-state index < -0.39 is 0 Å². The molecular formula is C26H20O4. The Morgan fingerprint density at radius 1 is 0.900 bits per heavy atom. The van der Waals surface area contributed by atoms with Gasteiger partial charge in [0.2, 0.25) is 16.9 Å². The summed E-state index contributed by atoms with van der Waals surface area (Å²) in [6.07, 6.45) is 2.38. The van der Waals surface area contributed by atoms with Crippen LogP contribution in [0.25, 0.3) is 33.3 Å². The molecule has 0 unspecified atom stereocenters. The largest absolute Gasteiger partial charge is 0.481 e. The van der Waals surface area contributed by atoms with Crippen molar-refractivity contribution in [1.29, 1.82) is 0 Å². The fourth-order valence-electron chi connectivity index (χ4n) is 3.71. The number of ether oxygens (including phenoxy) is 1. The summed E-state index contributed by atoms with van der Waals surface area (Å²) in [4.78, 5) is 13.4. The average Bonchev–Trinajstić information content (AvgIpc) is 3.33. The van der Waals surface area contributed by atoms with Crippen LogP contribution in [0, 0.1) is 0 Å². The highest BCUT2D eigenvalue weighted by molar-refractivity contribution is 5.86. The average molecular weight is 396 g/mol. The molecule has 2 aromatic heterocycles. The van der Waals surface area contributed by atoms with Crippen LogP contribution >= 0.6 is 0 Å². The molecule has 5 aromatic rings. The molecular weight excluding hydrogens is 376 g/mol. The Morgan fingerprint density at radius 2 is 1.77 bits per heavy atom. The molecule has 0 N–H and O–H groups in total. The summed E-state index contributed by atoms with van der Waals surface area (Å²) in [5.74, 6) is 0.933. The number of benzene rings is 3. The molecule has 0 aliphatic carbocycles. The zero-order valence-electron chi connectivity index (χ0n) is 16.6. The monoisotopic (exact) mass is 396 g/mol. The van der Waals surface area contributed by atoms with Crippen LogP contribution < -0.4 is 10.2 Å². The van der Waals surface area contributed by atoms with Crippen LogP contribution in [0.15, 0.2) is 92.7 Å². The van der Waals surface area contributed by atoms with Gasteiger partial charge in [-0.15, -0.1) is 0 Å². The van der Waals surface area contributed by atoms with Gasteiger partial charge in [0.05, 0.1) is 11.6 Å². The fourth-order valence-corrected chi connectivity index (χ4v) is 3.71. The zero-order chi connectivity index (χ0) is 20.5. The lowest BCUT2D eigenvalue weighted by Crippen LogP contribution is -2.10. The predicted molar refractivity (Wildman–Crippen MR) is 118 cm³/mol. The van der Waals surface area contributed by atoms with Crippen LogP contribution in [0.3, 0.4) is 0 Å². The summed E-state index contributed by atoms with van der Waals surface area (Å²) in [5, 5.41) is 2.73. The molecule has 3 aromatic carbocycles. The van der Waals surface area contributed by atoms with Crippen molar-refractivity contribution in [3.8, 4) is 17.3 Å². The summed E-state index contributed by atoms with van der Waals surface area (Å²) >= 11 is 0. The van der Waals surface area contributed by atoms with Gasteiger partial charge in [0, 0.05) is 0 Å². The van der Waals surface area contributed by atoms with E-state index in [2.05, 4.69) is 25.1 Å². The quantitative estimate of drug-likeness (QED) is 0.347. The Balaban J connectivity index is 1.64. The second-order valence-corrected chi connectivity index (χ2v) is 7.18. The number of hydrogen-bond donors (Lipinski definition) is 0. The molecule has 30 heavy (non-hydrogen) atoms. The number of furan rings is 1. The Hall–Kier alpha value is -3.79. The van der Waals surface area contributed by atoms with Gasteiger partial charge in [-0.1, -0.05) is 55.5 Å². The number of aryl methyl sites for hydroxylation is 1. The second kappa shape index (κ2) is 7.56. The minimum atomic E-state index is -0.196. The normalized spacial score (nSPS) is 11.2. The summed E-state index contributed by atoms with van der Waals surface area (Å²) in [6.45, 7) is 2.30. The molecule has 0 amide bonds. The van der Waals surface area contributed by atoms with E-state index in [1.807, 2.05) is 42.5 Å². The van der Waals surface area contributed by atoms with Gasteiger partial charge in [-0.2, -0.15) is 0 Å². The summed E-state index contributed by atoms with van der Waals surface area (Å²) in [7, 11) is 0. The molecule has 0 saturated heterocycles. The molecule has 0 spiro atoms. The van der Waals surface area contributed by atoms with Crippen molar-refractivity contribution in [1.82, 2.24) is 0 Å². The molecule has 0 fully saturated rings. The fraction of sp³-hybridized carbons (Fsp3) is 0.115. The molecule has 0 radical (unpaired) electrons. The summed E-state index contributed by atoms with van der Waals surface area (Å²) in [5.41, 5.74) is 2.39. The van der Waals surface area contributed by atoms with Crippen molar-refractivity contribution < 1.29 is 13.6 Å². The minimum absolute atomic E-state index is 0.165. The van der Waals surface area contributed by atoms with Crippen LogP contribution in [0.1, 0.15) is 18.1 Å². The third-order valence-electron chi connectivity index (χ3n) is 5.32. The molecule has 0 aliphatic rings. The van der Waals surface area contributed by atoms with E-state index in [0.29, 0.717) is 22.5 Å². The third kappa shape index (κ3) is 3.16. The highest BCUT2D eigenvalue weighted by Gasteiger charge is 2.20. The lowest BCUT2D eigenvalue weighted by Gasteiger charge is -2.12. The molecule has 4 nitrogen and oxygen atoms in total. The molecule has 0 saturated carbocycles. The van der Waals surface area contributed by atoms with Crippen molar-refractivity contribution in [2.75, 3.05) is 0 Å². The van der Waals surface area contributed by atoms with Crippen molar-refractivity contribution in [3.05, 3.63) is 100 Å². The Kier molecular flexibility index (Phi) is 4.60. The molecule has 5 rings (SSSR count). The first-order chi connectivity index (χ1) is 14.7. The van der Waals surface area contributed by atoms with Gasteiger partial charge in [-0.25, -0.2) is 0 Å². The maximum Gasteiger partial charge on any atom is 0.235 e. The van der Waals surface area contributed by atoms with Crippen LogP contribution in [0.2, 0.25) is 0 Å². The maximum atomic E-state index is 13.4. The Morgan fingerprint density at radius 3 is 2.60 bits per heavy atom. The highest BCUT2D eigenvalue weighted by atomic mass is 16.5. The zero-order valence-corrected chi connectivity index (χ0v) is 16.6. The molecule has 0 atom stereocenters. The molecule has 4 heteroatoms. The number of hydrogen-bond acceptors (Lipinski definition) is 4. The lowest BCUT2D eigenvalue weighted by atomic mass is 10.1. The van der Waals surface area contributed by atoms with E-state index >= 15 is 0 Å². The third-order valence-corrected chi connectivity index (χ3v) is 5.32. The van der Waals surface area contributed by atoms with Crippen LogP contribution in [-0.2, 0) is 13.0 Å². The van der Waals surface area contributed by atoms with Crippen molar-refractivity contribution >= 4 is 21.7 Å². The van der Waals surface area contributed by atoms with Crippen molar-refractivity contribution in [2.45, 2.75) is 20.0 Å². The second-order valence-electron chi connectivity index (χ2n) is 7.18. The molecule has 0 bridgehead atoms. The molecule has 0 aliphatic heterocycles. The topological polar surface area (TPSA) is 52.6 Å². The van der Waals surface area contributed by atoms with Crippen molar-refractivity contribution in [3.63, 3.8) is 0 Å². The Labute approximate surface area is 173 Å². The van der Waals surface area contributed by atoms with Gasteiger partial charge in [-0.3, -0.25) is 4.79 Å². The summed E-state index contributed by atoms with van der Waals surface area (Å²) < 4.78 is 17.7. The smallest absolute Gasteiger partial charge is 0.235 e. The molecule has 2 heterocycles. The Bertz CT molecular complexity index is 1390. The van der Waals surface area contributed by atoms with Gasteiger partial charge in [0.15, 0.2) is 5.76 Å². The van der Waals surface area contributed by atoms with Crippen LogP contribution in [0.5, 0.6) is 5.75 Å². The van der Waals surface area contributed by atoms with Gasteiger partial charge in [0.1, 0.15) is 12.2 Å². The summed E-state index contributed by atoms with van der Waals surface area (Å²) in [6, 6.07) is 23.4. The number of rotatable bonds is 5. The van der Waals surface area contributed by atoms with Gasteiger partial charge in [0.25, 0.3) is 0 Å². The SMILES string of the molecule is CCc1ccc2oc(-c3ccco3)c(OCc3cccc4ccccc34)c(=O)c2c1. The first-order valence-corrected chi connectivity index (χ1v) is 9.97.